The zero-order valence-corrected chi connectivity index (χ0v) is 16.2. The van der Waals surface area contributed by atoms with E-state index < -0.39 is 22.0 Å². The molecule has 0 spiro atoms. The molecule has 2 atom stereocenters. The number of primary amides is 1. The standard InChI is InChI=1S/C18H26N4O4S/c1-13(23)20-10-14-4-6-15(7-5-14)16-11-22(12-17(16)18(19)24)27(25,26)21-8-2-3-9-21/h4-7,16-17H,2-3,8-12H2,1H3,(H2,19,24)(H,20,23)/t16-,17+/m1/s1. The lowest BCUT2D eigenvalue weighted by molar-refractivity contribution is -0.121. The summed E-state index contributed by atoms with van der Waals surface area (Å²) in [5, 5.41) is 2.73. The normalized spacial score (nSPS) is 24.2. The minimum absolute atomic E-state index is 0.105. The first-order chi connectivity index (χ1) is 12.8. The zero-order chi connectivity index (χ0) is 19.6. The van der Waals surface area contributed by atoms with E-state index in [1.165, 1.54) is 15.5 Å². The number of nitrogens with one attached hydrogen (secondary N) is 1. The Morgan fingerprint density at radius 1 is 1.11 bits per heavy atom. The van der Waals surface area contributed by atoms with Crippen molar-refractivity contribution in [3.8, 4) is 0 Å². The highest BCUT2D eigenvalue weighted by atomic mass is 32.2. The van der Waals surface area contributed by atoms with E-state index in [0.29, 0.717) is 19.6 Å². The third-order valence-corrected chi connectivity index (χ3v) is 7.29. The van der Waals surface area contributed by atoms with Gasteiger partial charge in [0.25, 0.3) is 10.2 Å². The molecule has 0 saturated carbocycles. The van der Waals surface area contributed by atoms with Crippen molar-refractivity contribution in [1.82, 2.24) is 13.9 Å². The highest BCUT2D eigenvalue weighted by molar-refractivity contribution is 7.86. The van der Waals surface area contributed by atoms with Crippen LogP contribution in [0.2, 0.25) is 0 Å². The van der Waals surface area contributed by atoms with Gasteiger partial charge < -0.3 is 11.1 Å². The minimum atomic E-state index is -3.56. The summed E-state index contributed by atoms with van der Waals surface area (Å²) in [5.74, 6) is -1.41. The highest BCUT2D eigenvalue weighted by Gasteiger charge is 2.44. The monoisotopic (exact) mass is 394 g/mol. The van der Waals surface area contributed by atoms with Crippen LogP contribution in [0.4, 0.5) is 0 Å². The van der Waals surface area contributed by atoms with Crippen LogP contribution in [0.25, 0.3) is 0 Å². The van der Waals surface area contributed by atoms with E-state index in [1.54, 1.807) is 0 Å². The van der Waals surface area contributed by atoms with Crippen LogP contribution in [-0.4, -0.2) is 55.0 Å². The summed E-state index contributed by atoms with van der Waals surface area (Å²) in [6.07, 6.45) is 1.73. The van der Waals surface area contributed by atoms with Crippen LogP contribution < -0.4 is 11.1 Å². The number of hydrogen-bond donors (Lipinski definition) is 2. The third kappa shape index (κ3) is 4.31. The van der Waals surface area contributed by atoms with Crippen LogP contribution >= 0.6 is 0 Å². The van der Waals surface area contributed by atoms with Gasteiger partial charge in [-0.15, -0.1) is 0 Å². The topological polar surface area (TPSA) is 113 Å². The predicted molar refractivity (Wildman–Crippen MR) is 101 cm³/mol. The van der Waals surface area contributed by atoms with Crippen molar-refractivity contribution in [1.29, 1.82) is 0 Å². The number of nitrogens with zero attached hydrogens (tertiary/aromatic N) is 2. The molecule has 1 aromatic carbocycles. The quantitative estimate of drug-likeness (QED) is 0.716. The molecule has 2 aliphatic heterocycles. The molecule has 148 valence electrons. The van der Waals surface area contributed by atoms with E-state index in [1.807, 2.05) is 24.3 Å². The van der Waals surface area contributed by atoms with Crippen LogP contribution in [0.15, 0.2) is 24.3 Å². The van der Waals surface area contributed by atoms with Crippen LogP contribution in [0.1, 0.15) is 36.8 Å². The molecule has 2 amide bonds. The second-order valence-corrected chi connectivity index (χ2v) is 9.13. The largest absolute Gasteiger partial charge is 0.369 e. The number of carbonyl (C=O) groups excluding carboxylic acids is 2. The van der Waals surface area contributed by atoms with Crippen LogP contribution in [0.5, 0.6) is 0 Å². The van der Waals surface area contributed by atoms with Crippen molar-refractivity contribution in [2.24, 2.45) is 11.7 Å². The molecule has 2 saturated heterocycles. The summed E-state index contributed by atoms with van der Waals surface area (Å²) in [6, 6.07) is 7.51. The summed E-state index contributed by atoms with van der Waals surface area (Å²) >= 11 is 0. The van der Waals surface area contributed by atoms with Gasteiger partial charge in [0.05, 0.1) is 5.92 Å². The summed E-state index contributed by atoms with van der Waals surface area (Å²) in [6.45, 7) is 3.31. The second kappa shape index (κ2) is 7.95. The van der Waals surface area contributed by atoms with Crippen molar-refractivity contribution in [2.75, 3.05) is 26.2 Å². The van der Waals surface area contributed by atoms with Gasteiger partial charge in [-0.1, -0.05) is 24.3 Å². The first-order valence-electron chi connectivity index (χ1n) is 9.17. The number of nitrogens with two attached hydrogens (primary N) is 1. The Kier molecular flexibility index (Phi) is 5.83. The Hall–Kier alpha value is -1.97. The maximum absolute atomic E-state index is 12.8. The van der Waals surface area contributed by atoms with Gasteiger partial charge in [0, 0.05) is 45.6 Å². The Balaban J connectivity index is 1.77. The first kappa shape index (κ1) is 19.8. The summed E-state index contributed by atoms with van der Waals surface area (Å²) in [5.41, 5.74) is 7.39. The van der Waals surface area contributed by atoms with Crippen LogP contribution in [0.3, 0.4) is 0 Å². The smallest absolute Gasteiger partial charge is 0.282 e. The van der Waals surface area contributed by atoms with Crippen LogP contribution in [-0.2, 0) is 26.3 Å². The van der Waals surface area contributed by atoms with Gasteiger partial charge in [-0.3, -0.25) is 9.59 Å². The molecule has 3 N–H and O–H groups in total. The number of benzene rings is 1. The van der Waals surface area contributed by atoms with Crippen molar-refractivity contribution in [3.63, 3.8) is 0 Å². The zero-order valence-electron chi connectivity index (χ0n) is 15.4. The molecule has 0 unspecified atom stereocenters. The van der Waals surface area contributed by atoms with Crippen LogP contribution in [0, 0.1) is 5.92 Å². The lowest BCUT2D eigenvalue weighted by Gasteiger charge is -2.23. The maximum Gasteiger partial charge on any atom is 0.282 e. The SMILES string of the molecule is CC(=O)NCc1ccc([C@H]2CN(S(=O)(=O)N3CCCC3)C[C@@H]2C(N)=O)cc1. The van der Waals surface area contributed by atoms with Crippen molar-refractivity contribution >= 4 is 22.0 Å². The molecule has 2 aliphatic rings. The second-order valence-electron chi connectivity index (χ2n) is 7.20. The molecular weight excluding hydrogens is 368 g/mol. The Bertz CT molecular complexity index is 803. The molecule has 2 heterocycles. The summed E-state index contributed by atoms with van der Waals surface area (Å²) in [7, 11) is -3.56. The number of amides is 2. The minimum Gasteiger partial charge on any atom is -0.369 e. The Labute approximate surface area is 159 Å². The van der Waals surface area contributed by atoms with Gasteiger partial charge in [0.1, 0.15) is 0 Å². The van der Waals surface area contributed by atoms with Gasteiger partial charge >= 0.3 is 0 Å². The molecule has 0 bridgehead atoms. The predicted octanol–water partition coefficient (Wildman–Crippen LogP) is 0.164. The molecule has 3 rings (SSSR count). The van der Waals surface area contributed by atoms with E-state index in [-0.39, 0.29) is 24.9 Å². The van der Waals surface area contributed by atoms with Crippen molar-refractivity contribution in [2.45, 2.75) is 32.2 Å². The average molecular weight is 394 g/mol. The van der Waals surface area contributed by atoms with E-state index in [0.717, 1.165) is 24.0 Å². The molecule has 2 fully saturated rings. The van der Waals surface area contributed by atoms with Crippen molar-refractivity contribution < 1.29 is 18.0 Å². The maximum atomic E-state index is 12.8. The molecule has 0 aromatic heterocycles. The summed E-state index contributed by atoms with van der Waals surface area (Å²) < 4.78 is 28.6. The lowest BCUT2D eigenvalue weighted by Crippen LogP contribution is -2.41. The third-order valence-electron chi connectivity index (χ3n) is 5.32. The lowest BCUT2D eigenvalue weighted by atomic mass is 9.88. The first-order valence-corrected chi connectivity index (χ1v) is 10.6. The van der Waals surface area contributed by atoms with Gasteiger partial charge in [0.2, 0.25) is 11.8 Å². The van der Waals surface area contributed by atoms with Gasteiger partial charge in [-0.25, -0.2) is 0 Å². The number of carbonyl (C=O) groups is 2. The molecule has 1 aromatic rings. The average Bonchev–Trinajstić information content (AvgIpc) is 3.30. The van der Waals surface area contributed by atoms with E-state index in [2.05, 4.69) is 5.32 Å². The van der Waals surface area contributed by atoms with Gasteiger partial charge in [0.15, 0.2) is 0 Å². The number of rotatable bonds is 6. The molecule has 9 heteroatoms. The van der Waals surface area contributed by atoms with E-state index in [4.69, 9.17) is 5.73 Å². The van der Waals surface area contributed by atoms with Gasteiger partial charge in [-0.2, -0.15) is 17.0 Å². The molecule has 0 radical (unpaired) electrons. The molecule has 8 nitrogen and oxygen atoms in total. The fourth-order valence-electron chi connectivity index (χ4n) is 3.77. The van der Waals surface area contributed by atoms with E-state index >= 15 is 0 Å². The number of hydrogen-bond acceptors (Lipinski definition) is 4. The Morgan fingerprint density at radius 2 is 1.74 bits per heavy atom. The Morgan fingerprint density at radius 3 is 2.30 bits per heavy atom. The van der Waals surface area contributed by atoms with E-state index in [9.17, 15) is 18.0 Å². The van der Waals surface area contributed by atoms with Crippen molar-refractivity contribution in [3.05, 3.63) is 35.4 Å². The van der Waals surface area contributed by atoms with Gasteiger partial charge in [-0.05, 0) is 24.0 Å². The fourth-order valence-corrected chi connectivity index (χ4v) is 5.52. The summed E-state index contributed by atoms with van der Waals surface area (Å²) in [4.78, 5) is 23.0. The highest BCUT2D eigenvalue weighted by Crippen LogP contribution is 2.35. The molecular formula is C18H26N4O4S. The fraction of sp³-hybridized carbons (Fsp3) is 0.556. The molecule has 0 aliphatic carbocycles. The molecule has 27 heavy (non-hydrogen) atoms.